The van der Waals surface area contributed by atoms with Crippen LogP contribution in [0.25, 0.3) is 0 Å². The van der Waals surface area contributed by atoms with Gasteiger partial charge in [0.1, 0.15) is 6.61 Å². The van der Waals surface area contributed by atoms with Gasteiger partial charge in [-0.3, -0.25) is 0 Å². The van der Waals surface area contributed by atoms with Crippen molar-refractivity contribution in [2.45, 2.75) is 26.2 Å². The van der Waals surface area contributed by atoms with Crippen LogP contribution in [0.3, 0.4) is 0 Å². The number of hydrogen-bond donors (Lipinski definition) is 1. The number of carbonyl (C=O) groups excluding carboxylic acids is 1. The average molecular weight is 279 g/mol. The highest BCUT2D eigenvalue weighted by Gasteiger charge is 2.04. The summed E-state index contributed by atoms with van der Waals surface area (Å²) in [5, 5.41) is 3.31. The third-order valence-electron chi connectivity index (χ3n) is 3.07. The van der Waals surface area contributed by atoms with Gasteiger partial charge >= 0.3 is 5.97 Å². The van der Waals surface area contributed by atoms with Crippen molar-refractivity contribution < 1.29 is 14.3 Å². The van der Waals surface area contributed by atoms with E-state index in [0.717, 1.165) is 19.5 Å². The van der Waals surface area contributed by atoms with Crippen LogP contribution in [-0.2, 0) is 14.3 Å². The largest absolute Gasteiger partial charge is 0.464 e. The van der Waals surface area contributed by atoms with Gasteiger partial charge in [-0.15, -0.1) is 0 Å². The van der Waals surface area contributed by atoms with Gasteiger partial charge in [0, 0.05) is 6.54 Å². The Kier molecular flexibility index (Phi) is 8.67. The third-order valence-corrected chi connectivity index (χ3v) is 3.07. The van der Waals surface area contributed by atoms with E-state index in [4.69, 9.17) is 9.47 Å². The molecule has 1 aromatic carbocycles. The summed E-state index contributed by atoms with van der Waals surface area (Å²) in [4.78, 5) is 11.0. The van der Waals surface area contributed by atoms with E-state index in [9.17, 15) is 4.79 Å². The van der Waals surface area contributed by atoms with Gasteiger partial charge in [-0.1, -0.05) is 37.3 Å². The zero-order valence-electron chi connectivity index (χ0n) is 12.4. The fourth-order valence-electron chi connectivity index (χ4n) is 1.89. The van der Waals surface area contributed by atoms with Gasteiger partial charge < -0.3 is 14.8 Å². The number of carbonyl (C=O) groups is 1. The summed E-state index contributed by atoms with van der Waals surface area (Å²) in [5.41, 5.74) is 1.37. The van der Waals surface area contributed by atoms with Crippen molar-refractivity contribution in [3.63, 3.8) is 0 Å². The molecule has 0 heterocycles. The Morgan fingerprint density at radius 1 is 1.25 bits per heavy atom. The molecule has 0 aliphatic rings. The predicted octanol–water partition coefficient (Wildman–Crippen LogP) is 2.35. The first-order valence-corrected chi connectivity index (χ1v) is 7.23. The summed E-state index contributed by atoms with van der Waals surface area (Å²) in [6.07, 6.45) is 1.09. The zero-order valence-corrected chi connectivity index (χ0v) is 12.4. The monoisotopic (exact) mass is 279 g/mol. The third kappa shape index (κ3) is 7.26. The molecule has 0 spiro atoms. The van der Waals surface area contributed by atoms with E-state index in [1.807, 2.05) is 6.07 Å². The van der Waals surface area contributed by atoms with E-state index in [2.05, 4.69) is 36.5 Å². The summed E-state index contributed by atoms with van der Waals surface area (Å²) in [6.45, 7) is 6.67. The number of hydrogen-bond acceptors (Lipinski definition) is 4. The van der Waals surface area contributed by atoms with Crippen molar-refractivity contribution in [1.29, 1.82) is 0 Å². The minimum Gasteiger partial charge on any atom is -0.464 e. The lowest BCUT2D eigenvalue weighted by Gasteiger charge is -2.12. The molecule has 1 N–H and O–H groups in total. The first kappa shape index (κ1) is 16.7. The van der Waals surface area contributed by atoms with Gasteiger partial charge in [0.05, 0.1) is 13.2 Å². The second-order valence-corrected chi connectivity index (χ2v) is 4.71. The SMILES string of the molecule is CCOC(=O)COCCNCCC(C)c1ccccc1. The molecule has 1 aromatic rings. The minimum absolute atomic E-state index is 0.0376. The van der Waals surface area contributed by atoms with Crippen LogP contribution in [0.15, 0.2) is 30.3 Å². The van der Waals surface area contributed by atoms with Crippen molar-refractivity contribution in [2.24, 2.45) is 0 Å². The Hall–Kier alpha value is -1.39. The number of nitrogens with one attached hydrogen (secondary N) is 1. The maximum absolute atomic E-state index is 11.0. The highest BCUT2D eigenvalue weighted by Crippen LogP contribution is 2.17. The molecule has 0 radical (unpaired) electrons. The van der Waals surface area contributed by atoms with Crippen LogP contribution in [0.1, 0.15) is 31.7 Å². The van der Waals surface area contributed by atoms with Crippen molar-refractivity contribution >= 4 is 5.97 Å². The summed E-state index contributed by atoms with van der Waals surface area (Å²) in [6, 6.07) is 10.5. The molecule has 4 nitrogen and oxygen atoms in total. The number of ether oxygens (including phenoxy) is 2. The Balaban J connectivity index is 1.98. The normalized spacial score (nSPS) is 12.1. The highest BCUT2D eigenvalue weighted by molar-refractivity contribution is 5.70. The topological polar surface area (TPSA) is 47.6 Å². The zero-order chi connectivity index (χ0) is 14.6. The maximum atomic E-state index is 11.0. The first-order chi connectivity index (χ1) is 9.74. The molecule has 112 valence electrons. The summed E-state index contributed by atoms with van der Waals surface area (Å²) >= 11 is 0. The Bertz CT molecular complexity index is 367. The van der Waals surface area contributed by atoms with Gasteiger partial charge in [-0.05, 0) is 31.4 Å². The maximum Gasteiger partial charge on any atom is 0.332 e. The molecule has 0 aliphatic heterocycles. The molecule has 0 fully saturated rings. The molecule has 0 saturated carbocycles. The first-order valence-electron chi connectivity index (χ1n) is 7.23. The molecule has 0 aromatic heterocycles. The second-order valence-electron chi connectivity index (χ2n) is 4.71. The smallest absolute Gasteiger partial charge is 0.332 e. The Labute approximate surface area is 121 Å². The number of rotatable bonds is 10. The van der Waals surface area contributed by atoms with Crippen LogP contribution in [-0.4, -0.2) is 38.9 Å². The fourth-order valence-corrected chi connectivity index (χ4v) is 1.89. The van der Waals surface area contributed by atoms with Crippen LogP contribution >= 0.6 is 0 Å². The molecule has 0 aliphatic carbocycles. The fraction of sp³-hybridized carbons (Fsp3) is 0.562. The van der Waals surface area contributed by atoms with Gasteiger partial charge in [-0.25, -0.2) is 4.79 Å². The minimum atomic E-state index is -0.301. The van der Waals surface area contributed by atoms with Crippen molar-refractivity contribution in [2.75, 3.05) is 32.9 Å². The van der Waals surface area contributed by atoms with Crippen LogP contribution in [0.5, 0.6) is 0 Å². The van der Waals surface area contributed by atoms with E-state index in [-0.39, 0.29) is 12.6 Å². The molecule has 20 heavy (non-hydrogen) atoms. The van der Waals surface area contributed by atoms with Gasteiger partial charge in [0.2, 0.25) is 0 Å². The highest BCUT2D eigenvalue weighted by atomic mass is 16.6. The lowest BCUT2D eigenvalue weighted by Crippen LogP contribution is -2.23. The standard InChI is InChI=1S/C16H25NO3/c1-3-20-16(18)13-19-12-11-17-10-9-14(2)15-7-5-4-6-8-15/h4-8,14,17H,3,9-13H2,1-2H3. The summed E-state index contributed by atoms with van der Waals surface area (Å²) in [5.74, 6) is 0.245. The average Bonchev–Trinajstić information content (AvgIpc) is 2.47. The van der Waals surface area contributed by atoms with Gasteiger partial charge in [0.15, 0.2) is 0 Å². The van der Waals surface area contributed by atoms with Crippen LogP contribution in [0.4, 0.5) is 0 Å². The second kappa shape index (κ2) is 10.4. The van der Waals surface area contributed by atoms with Gasteiger partial charge in [0.25, 0.3) is 0 Å². The van der Waals surface area contributed by atoms with Gasteiger partial charge in [-0.2, -0.15) is 0 Å². The lowest BCUT2D eigenvalue weighted by molar-refractivity contribution is -0.148. The van der Waals surface area contributed by atoms with Crippen LogP contribution < -0.4 is 5.32 Å². The number of esters is 1. The Morgan fingerprint density at radius 2 is 2.00 bits per heavy atom. The van der Waals surface area contributed by atoms with Crippen LogP contribution in [0, 0.1) is 0 Å². The van der Waals surface area contributed by atoms with E-state index in [1.54, 1.807) is 6.92 Å². The molecule has 0 bridgehead atoms. The molecule has 0 saturated heterocycles. The summed E-state index contributed by atoms with van der Waals surface area (Å²) < 4.78 is 9.97. The van der Waals surface area contributed by atoms with E-state index >= 15 is 0 Å². The number of benzene rings is 1. The molecular weight excluding hydrogens is 254 g/mol. The van der Waals surface area contributed by atoms with Crippen LogP contribution in [0.2, 0.25) is 0 Å². The lowest BCUT2D eigenvalue weighted by atomic mass is 9.98. The van der Waals surface area contributed by atoms with Crippen molar-refractivity contribution in [1.82, 2.24) is 5.32 Å². The van der Waals surface area contributed by atoms with Crippen molar-refractivity contribution in [3.8, 4) is 0 Å². The molecular formula is C16H25NO3. The van der Waals surface area contributed by atoms with E-state index in [1.165, 1.54) is 5.56 Å². The quantitative estimate of drug-likeness (QED) is 0.527. The molecule has 1 unspecified atom stereocenters. The Morgan fingerprint density at radius 3 is 2.70 bits per heavy atom. The van der Waals surface area contributed by atoms with E-state index < -0.39 is 0 Å². The summed E-state index contributed by atoms with van der Waals surface area (Å²) in [7, 11) is 0. The molecule has 1 rings (SSSR count). The van der Waals surface area contributed by atoms with Crippen molar-refractivity contribution in [3.05, 3.63) is 35.9 Å². The predicted molar refractivity (Wildman–Crippen MR) is 79.8 cm³/mol. The van der Waals surface area contributed by atoms with E-state index in [0.29, 0.717) is 19.1 Å². The molecule has 0 amide bonds. The molecule has 4 heteroatoms. The molecule has 1 atom stereocenters.